The fourth-order valence-electron chi connectivity index (χ4n) is 3.02. The van der Waals surface area contributed by atoms with Crippen LogP contribution >= 0.6 is 0 Å². The molecular weight excluding hydrogens is 224 g/mol. The third kappa shape index (κ3) is 3.55. The maximum absolute atomic E-state index is 4.41. The van der Waals surface area contributed by atoms with E-state index in [4.69, 9.17) is 0 Å². The Bertz CT molecular complexity index is 341. The minimum atomic E-state index is 0.549. The van der Waals surface area contributed by atoms with E-state index in [0.717, 1.165) is 31.1 Å². The van der Waals surface area contributed by atoms with Gasteiger partial charge in [0.1, 0.15) is 12.2 Å². The van der Waals surface area contributed by atoms with Gasteiger partial charge in [0, 0.05) is 19.0 Å². The molecule has 0 amide bonds. The van der Waals surface area contributed by atoms with Crippen molar-refractivity contribution in [3.63, 3.8) is 0 Å². The summed E-state index contributed by atoms with van der Waals surface area (Å²) in [4.78, 5) is 4.41. The number of rotatable bonds is 7. The molecule has 0 aliphatic heterocycles. The minimum absolute atomic E-state index is 0.549. The zero-order valence-corrected chi connectivity index (χ0v) is 11.7. The van der Waals surface area contributed by atoms with Crippen LogP contribution in [0.25, 0.3) is 0 Å². The molecule has 1 aliphatic rings. The van der Waals surface area contributed by atoms with Crippen LogP contribution in [-0.4, -0.2) is 27.9 Å². The van der Waals surface area contributed by atoms with Gasteiger partial charge in [0.05, 0.1) is 0 Å². The predicted octanol–water partition coefficient (Wildman–Crippen LogP) is 2.40. The SMILES string of the molecule is CCCn1ncnc1CC(CC1CCCC1)NC. The number of likely N-dealkylation sites (N-methyl/N-ethyl adjacent to an activating group) is 1. The molecule has 1 N–H and O–H groups in total. The van der Waals surface area contributed by atoms with Crippen molar-refractivity contribution in [3.05, 3.63) is 12.2 Å². The number of hydrogen-bond donors (Lipinski definition) is 1. The van der Waals surface area contributed by atoms with Gasteiger partial charge in [-0.25, -0.2) is 4.98 Å². The Kier molecular flexibility index (Phi) is 5.17. The van der Waals surface area contributed by atoms with Crippen LogP contribution in [0.4, 0.5) is 0 Å². The lowest BCUT2D eigenvalue weighted by Gasteiger charge is -2.19. The molecule has 102 valence electrons. The Hall–Kier alpha value is -0.900. The third-order valence-corrected chi connectivity index (χ3v) is 4.06. The maximum atomic E-state index is 4.41. The smallest absolute Gasteiger partial charge is 0.138 e. The summed E-state index contributed by atoms with van der Waals surface area (Å²) in [7, 11) is 2.07. The van der Waals surface area contributed by atoms with Gasteiger partial charge in [-0.15, -0.1) is 0 Å². The van der Waals surface area contributed by atoms with E-state index in [0.29, 0.717) is 6.04 Å². The fourth-order valence-corrected chi connectivity index (χ4v) is 3.02. The first-order valence-electron chi connectivity index (χ1n) is 7.37. The first-order chi connectivity index (χ1) is 8.83. The quantitative estimate of drug-likeness (QED) is 0.808. The molecule has 0 saturated heterocycles. The molecule has 2 rings (SSSR count). The summed E-state index contributed by atoms with van der Waals surface area (Å²) >= 11 is 0. The van der Waals surface area contributed by atoms with E-state index in [2.05, 4.69) is 34.1 Å². The summed E-state index contributed by atoms with van der Waals surface area (Å²) in [5, 5.41) is 7.76. The summed E-state index contributed by atoms with van der Waals surface area (Å²) in [6, 6.07) is 0.549. The highest BCUT2D eigenvalue weighted by molar-refractivity contribution is 4.90. The second kappa shape index (κ2) is 6.88. The van der Waals surface area contributed by atoms with Gasteiger partial charge in [-0.2, -0.15) is 5.10 Å². The number of hydrogen-bond acceptors (Lipinski definition) is 3. The zero-order chi connectivity index (χ0) is 12.8. The summed E-state index contributed by atoms with van der Waals surface area (Å²) < 4.78 is 2.05. The van der Waals surface area contributed by atoms with Crippen LogP contribution in [0.1, 0.15) is 51.3 Å². The monoisotopic (exact) mass is 250 g/mol. The minimum Gasteiger partial charge on any atom is -0.317 e. The Morgan fingerprint density at radius 1 is 1.44 bits per heavy atom. The van der Waals surface area contributed by atoms with Crippen LogP contribution in [0, 0.1) is 5.92 Å². The third-order valence-electron chi connectivity index (χ3n) is 4.06. The molecule has 0 bridgehead atoms. The second-order valence-electron chi connectivity index (χ2n) is 5.48. The van der Waals surface area contributed by atoms with E-state index >= 15 is 0 Å². The van der Waals surface area contributed by atoms with Gasteiger partial charge in [-0.3, -0.25) is 4.68 Å². The van der Waals surface area contributed by atoms with E-state index in [1.54, 1.807) is 6.33 Å². The van der Waals surface area contributed by atoms with Crippen molar-refractivity contribution in [2.45, 2.75) is 64.5 Å². The van der Waals surface area contributed by atoms with Crippen LogP contribution in [0.2, 0.25) is 0 Å². The van der Waals surface area contributed by atoms with E-state index in [-0.39, 0.29) is 0 Å². The van der Waals surface area contributed by atoms with Crippen molar-refractivity contribution in [1.29, 1.82) is 0 Å². The average Bonchev–Trinajstić information content (AvgIpc) is 3.01. The normalized spacial score (nSPS) is 18.3. The fraction of sp³-hybridized carbons (Fsp3) is 0.857. The van der Waals surface area contributed by atoms with Gasteiger partial charge >= 0.3 is 0 Å². The van der Waals surface area contributed by atoms with Crippen molar-refractivity contribution < 1.29 is 0 Å². The first kappa shape index (κ1) is 13.5. The lowest BCUT2D eigenvalue weighted by Crippen LogP contribution is -2.31. The highest BCUT2D eigenvalue weighted by Crippen LogP contribution is 2.29. The standard InChI is InChI=1S/C14H26N4/c1-3-8-18-14(16-11-17-18)10-13(15-2)9-12-6-4-5-7-12/h11-13,15H,3-10H2,1-2H3. The highest BCUT2D eigenvalue weighted by Gasteiger charge is 2.20. The van der Waals surface area contributed by atoms with E-state index in [1.165, 1.54) is 32.1 Å². The second-order valence-corrected chi connectivity index (χ2v) is 5.48. The van der Waals surface area contributed by atoms with Crippen LogP contribution in [-0.2, 0) is 13.0 Å². The van der Waals surface area contributed by atoms with Crippen LogP contribution in [0.3, 0.4) is 0 Å². The molecule has 0 spiro atoms. The van der Waals surface area contributed by atoms with Gasteiger partial charge in [-0.05, 0) is 25.8 Å². The number of aromatic nitrogens is 3. The van der Waals surface area contributed by atoms with E-state index in [9.17, 15) is 0 Å². The van der Waals surface area contributed by atoms with Gasteiger partial charge in [0.15, 0.2) is 0 Å². The summed E-state index contributed by atoms with van der Waals surface area (Å²) in [6.45, 7) is 3.16. The Labute approximate surface area is 110 Å². The predicted molar refractivity (Wildman–Crippen MR) is 73.4 cm³/mol. The maximum Gasteiger partial charge on any atom is 0.138 e. The van der Waals surface area contributed by atoms with Crippen LogP contribution in [0.15, 0.2) is 6.33 Å². The van der Waals surface area contributed by atoms with Crippen molar-refractivity contribution in [2.24, 2.45) is 5.92 Å². The Balaban J connectivity index is 1.89. The topological polar surface area (TPSA) is 42.7 Å². The summed E-state index contributed by atoms with van der Waals surface area (Å²) in [5.74, 6) is 2.05. The van der Waals surface area contributed by atoms with E-state index in [1.807, 2.05) is 0 Å². The summed E-state index contributed by atoms with van der Waals surface area (Å²) in [5.41, 5.74) is 0. The highest BCUT2D eigenvalue weighted by atomic mass is 15.3. The van der Waals surface area contributed by atoms with E-state index < -0.39 is 0 Å². The first-order valence-corrected chi connectivity index (χ1v) is 7.37. The zero-order valence-electron chi connectivity index (χ0n) is 11.7. The molecule has 18 heavy (non-hydrogen) atoms. The van der Waals surface area contributed by atoms with Gasteiger partial charge in [0.25, 0.3) is 0 Å². The molecule has 1 atom stereocenters. The van der Waals surface area contributed by atoms with Gasteiger partial charge in [0.2, 0.25) is 0 Å². The van der Waals surface area contributed by atoms with Gasteiger partial charge < -0.3 is 5.32 Å². The molecule has 1 saturated carbocycles. The molecule has 1 unspecified atom stereocenters. The lowest BCUT2D eigenvalue weighted by atomic mass is 9.96. The van der Waals surface area contributed by atoms with Crippen molar-refractivity contribution in [2.75, 3.05) is 7.05 Å². The molecule has 1 heterocycles. The Morgan fingerprint density at radius 2 is 2.22 bits per heavy atom. The molecule has 1 fully saturated rings. The molecule has 1 aromatic heterocycles. The van der Waals surface area contributed by atoms with Crippen molar-refractivity contribution >= 4 is 0 Å². The van der Waals surface area contributed by atoms with Crippen molar-refractivity contribution in [3.8, 4) is 0 Å². The summed E-state index contributed by atoms with van der Waals surface area (Å²) in [6.07, 6.45) is 10.8. The number of nitrogens with zero attached hydrogens (tertiary/aromatic N) is 3. The molecule has 0 radical (unpaired) electrons. The van der Waals surface area contributed by atoms with Gasteiger partial charge in [-0.1, -0.05) is 32.6 Å². The molecule has 4 heteroatoms. The molecular formula is C14H26N4. The largest absolute Gasteiger partial charge is 0.317 e. The van der Waals surface area contributed by atoms with Crippen LogP contribution < -0.4 is 5.32 Å². The average molecular weight is 250 g/mol. The molecule has 1 aromatic rings. The molecule has 4 nitrogen and oxygen atoms in total. The molecule has 0 aromatic carbocycles. The molecule has 1 aliphatic carbocycles. The van der Waals surface area contributed by atoms with Crippen molar-refractivity contribution in [1.82, 2.24) is 20.1 Å². The number of aryl methyl sites for hydroxylation is 1. The van der Waals surface area contributed by atoms with Crippen LogP contribution in [0.5, 0.6) is 0 Å². The number of nitrogens with one attached hydrogen (secondary N) is 1. The Morgan fingerprint density at radius 3 is 2.89 bits per heavy atom. The lowest BCUT2D eigenvalue weighted by molar-refractivity contribution is 0.391.